The highest BCUT2D eigenvalue weighted by molar-refractivity contribution is 6.41. The topological polar surface area (TPSA) is 65.6 Å². The van der Waals surface area contributed by atoms with Crippen LogP contribution in [0.2, 0.25) is 10.2 Å². The lowest BCUT2D eigenvalue weighted by atomic mass is 10.2. The molecule has 0 aromatic carbocycles. The molecular formula is C15H21Cl2N3O3. The van der Waals surface area contributed by atoms with Gasteiger partial charge in [-0.3, -0.25) is 4.79 Å². The number of hydrogen-bond donors (Lipinski definition) is 1. The summed E-state index contributed by atoms with van der Waals surface area (Å²) in [4.78, 5) is 30.7. The Morgan fingerprint density at radius 1 is 1.13 bits per heavy atom. The van der Waals surface area contributed by atoms with Crippen LogP contribution in [0.3, 0.4) is 0 Å². The van der Waals surface area contributed by atoms with Crippen LogP contribution in [0.1, 0.15) is 37.7 Å². The van der Waals surface area contributed by atoms with Gasteiger partial charge < -0.3 is 19.5 Å². The van der Waals surface area contributed by atoms with Crippen molar-refractivity contribution in [2.45, 2.75) is 32.8 Å². The Balaban J connectivity index is 1.98. The maximum Gasteiger partial charge on any atom is 0.410 e. The highest BCUT2D eigenvalue weighted by Crippen LogP contribution is 2.23. The molecule has 0 spiro atoms. The van der Waals surface area contributed by atoms with Crippen molar-refractivity contribution in [3.8, 4) is 0 Å². The second-order valence-corrected chi connectivity index (χ2v) is 7.24. The quantitative estimate of drug-likeness (QED) is 0.833. The summed E-state index contributed by atoms with van der Waals surface area (Å²) < 4.78 is 5.37. The standard InChI is InChI=1S/C15H21Cl2N3O3/c1-15(2,3)23-14(22)20-6-4-5-19(7-8-20)13(21)11-9-10(16)12(17)18-11/h9,18H,4-8H2,1-3H3. The Morgan fingerprint density at radius 3 is 2.30 bits per heavy atom. The van der Waals surface area contributed by atoms with Crippen LogP contribution in [0, 0.1) is 0 Å². The number of nitrogens with zero attached hydrogens (tertiary/aromatic N) is 2. The summed E-state index contributed by atoms with van der Waals surface area (Å²) in [7, 11) is 0. The molecule has 2 rings (SSSR count). The first-order valence-electron chi connectivity index (χ1n) is 7.48. The third-order valence-corrected chi connectivity index (χ3v) is 4.08. The lowest BCUT2D eigenvalue weighted by Gasteiger charge is -2.26. The molecule has 0 bridgehead atoms. The van der Waals surface area contributed by atoms with E-state index in [-0.39, 0.29) is 17.2 Å². The molecule has 0 atom stereocenters. The Morgan fingerprint density at radius 2 is 1.74 bits per heavy atom. The Bertz CT molecular complexity index is 576. The number of H-pyrrole nitrogens is 1. The lowest BCUT2D eigenvalue weighted by Crippen LogP contribution is -2.40. The van der Waals surface area contributed by atoms with E-state index in [0.717, 1.165) is 0 Å². The van der Waals surface area contributed by atoms with Crippen molar-refractivity contribution in [3.05, 3.63) is 21.9 Å². The van der Waals surface area contributed by atoms with Gasteiger partial charge in [0.25, 0.3) is 5.91 Å². The summed E-state index contributed by atoms with van der Waals surface area (Å²) in [5.74, 6) is -0.176. The number of rotatable bonds is 1. The molecule has 2 heterocycles. The molecule has 128 valence electrons. The molecule has 2 amide bonds. The summed E-state index contributed by atoms with van der Waals surface area (Å²) in [6.07, 6.45) is 0.338. The molecule has 0 saturated carbocycles. The number of carbonyl (C=O) groups excluding carboxylic acids is 2. The number of aromatic amines is 1. The van der Waals surface area contributed by atoms with Gasteiger partial charge in [0.15, 0.2) is 0 Å². The van der Waals surface area contributed by atoms with Gasteiger partial charge >= 0.3 is 6.09 Å². The zero-order valence-electron chi connectivity index (χ0n) is 13.5. The molecule has 1 aromatic heterocycles. The lowest BCUT2D eigenvalue weighted by molar-refractivity contribution is 0.0255. The van der Waals surface area contributed by atoms with Gasteiger partial charge in [-0.2, -0.15) is 0 Å². The molecule has 0 radical (unpaired) electrons. The zero-order chi connectivity index (χ0) is 17.2. The number of ether oxygens (including phenoxy) is 1. The van der Waals surface area contributed by atoms with E-state index in [9.17, 15) is 9.59 Å². The minimum atomic E-state index is -0.531. The van der Waals surface area contributed by atoms with E-state index < -0.39 is 5.60 Å². The van der Waals surface area contributed by atoms with Crippen molar-refractivity contribution in [3.63, 3.8) is 0 Å². The third kappa shape index (κ3) is 4.78. The van der Waals surface area contributed by atoms with E-state index in [1.165, 1.54) is 6.07 Å². The second kappa shape index (κ2) is 7.01. The third-order valence-electron chi connectivity index (χ3n) is 3.39. The fraction of sp³-hybridized carbons (Fsp3) is 0.600. The highest BCUT2D eigenvalue weighted by Gasteiger charge is 2.27. The number of amides is 2. The van der Waals surface area contributed by atoms with Crippen molar-refractivity contribution in [1.29, 1.82) is 0 Å². The summed E-state index contributed by atoms with van der Waals surface area (Å²) in [5.41, 5.74) is -0.179. The largest absolute Gasteiger partial charge is 0.444 e. The van der Waals surface area contributed by atoms with Crippen LogP contribution in [-0.2, 0) is 4.74 Å². The minimum Gasteiger partial charge on any atom is -0.444 e. The normalized spacial score (nSPS) is 16.2. The van der Waals surface area contributed by atoms with Crippen LogP contribution in [0.25, 0.3) is 0 Å². The molecule has 1 aromatic rings. The van der Waals surface area contributed by atoms with Gasteiger partial charge in [-0.05, 0) is 33.3 Å². The molecule has 1 aliphatic heterocycles. The predicted molar refractivity (Wildman–Crippen MR) is 89.1 cm³/mol. The van der Waals surface area contributed by atoms with Gasteiger partial charge in [-0.15, -0.1) is 0 Å². The molecular weight excluding hydrogens is 341 g/mol. The van der Waals surface area contributed by atoms with E-state index in [1.54, 1.807) is 9.80 Å². The van der Waals surface area contributed by atoms with Crippen LogP contribution in [0.5, 0.6) is 0 Å². The zero-order valence-corrected chi connectivity index (χ0v) is 15.0. The van der Waals surface area contributed by atoms with E-state index in [1.807, 2.05) is 20.8 Å². The minimum absolute atomic E-state index is 0.176. The molecule has 1 saturated heterocycles. The highest BCUT2D eigenvalue weighted by atomic mass is 35.5. The maximum atomic E-state index is 12.5. The molecule has 0 aliphatic carbocycles. The first kappa shape index (κ1) is 17.9. The van der Waals surface area contributed by atoms with Crippen molar-refractivity contribution in [2.24, 2.45) is 0 Å². The van der Waals surface area contributed by atoms with Crippen LogP contribution in [0.4, 0.5) is 4.79 Å². The van der Waals surface area contributed by atoms with Gasteiger partial charge in [0, 0.05) is 26.2 Å². The van der Waals surface area contributed by atoms with Gasteiger partial charge in [0.2, 0.25) is 0 Å². The molecule has 8 heteroatoms. The Labute approximate surface area is 145 Å². The van der Waals surface area contributed by atoms with Crippen molar-refractivity contribution < 1.29 is 14.3 Å². The van der Waals surface area contributed by atoms with Gasteiger partial charge in [0.05, 0.1) is 5.02 Å². The molecule has 1 N–H and O–H groups in total. The average Bonchev–Trinajstić information content (AvgIpc) is 2.66. The maximum absolute atomic E-state index is 12.5. The number of carbonyl (C=O) groups is 2. The molecule has 0 unspecified atom stereocenters. The fourth-order valence-corrected chi connectivity index (χ4v) is 2.63. The van der Waals surface area contributed by atoms with E-state index in [0.29, 0.717) is 43.3 Å². The smallest absolute Gasteiger partial charge is 0.410 e. The van der Waals surface area contributed by atoms with Crippen molar-refractivity contribution in [2.75, 3.05) is 26.2 Å². The monoisotopic (exact) mass is 361 g/mol. The number of nitrogens with one attached hydrogen (secondary N) is 1. The summed E-state index contributed by atoms with van der Waals surface area (Å²) in [5, 5.41) is 0.570. The molecule has 6 nitrogen and oxygen atoms in total. The summed E-state index contributed by atoms with van der Waals surface area (Å²) in [6, 6.07) is 1.52. The summed E-state index contributed by atoms with van der Waals surface area (Å²) in [6.45, 7) is 7.48. The number of hydrogen-bond acceptors (Lipinski definition) is 3. The van der Waals surface area contributed by atoms with Crippen LogP contribution < -0.4 is 0 Å². The van der Waals surface area contributed by atoms with Crippen LogP contribution in [-0.4, -0.2) is 58.6 Å². The summed E-state index contributed by atoms with van der Waals surface area (Å²) >= 11 is 11.7. The number of aromatic nitrogens is 1. The first-order valence-corrected chi connectivity index (χ1v) is 8.24. The number of halogens is 2. The van der Waals surface area contributed by atoms with E-state index >= 15 is 0 Å². The first-order chi connectivity index (χ1) is 10.7. The van der Waals surface area contributed by atoms with Crippen molar-refractivity contribution >= 4 is 35.2 Å². The fourth-order valence-electron chi connectivity index (χ4n) is 2.32. The Hall–Kier alpha value is -1.40. The molecule has 23 heavy (non-hydrogen) atoms. The van der Waals surface area contributed by atoms with Gasteiger partial charge in [-0.25, -0.2) is 4.79 Å². The second-order valence-electron chi connectivity index (χ2n) is 6.46. The van der Waals surface area contributed by atoms with Gasteiger partial charge in [-0.1, -0.05) is 23.2 Å². The predicted octanol–water partition coefficient (Wildman–Crippen LogP) is 3.40. The van der Waals surface area contributed by atoms with E-state index in [4.69, 9.17) is 27.9 Å². The van der Waals surface area contributed by atoms with Crippen LogP contribution in [0.15, 0.2) is 6.07 Å². The van der Waals surface area contributed by atoms with Crippen LogP contribution >= 0.6 is 23.2 Å². The molecule has 1 aliphatic rings. The Kier molecular flexibility index (Phi) is 5.47. The average molecular weight is 362 g/mol. The van der Waals surface area contributed by atoms with Gasteiger partial charge in [0.1, 0.15) is 16.4 Å². The van der Waals surface area contributed by atoms with Crippen molar-refractivity contribution in [1.82, 2.24) is 14.8 Å². The molecule has 1 fully saturated rings. The van der Waals surface area contributed by atoms with E-state index in [2.05, 4.69) is 4.98 Å². The SMILES string of the molecule is CC(C)(C)OC(=O)N1CCCN(C(=O)c2cc(Cl)c(Cl)[nH]2)CC1.